The third-order valence-corrected chi connectivity index (χ3v) is 9.63. The number of nitrogens with one attached hydrogen (secondary N) is 1. The van der Waals surface area contributed by atoms with E-state index in [4.69, 9.17) is 9.84 Å². The van der Waals surface area contributed by atoms with Crippen LogP contribution in [0.1, 0.15) is 60.7 Å². The van der Waals surface area contributed by atoms with Gasteiger partial charge in [0.1, 0.15) is 10.9 Å². The Hall–Kier alpha value is -2.57. The van der Waals surface area contributed by atoms with Gasteiger partial charge in [0.05, 0.1) is 16.3 Å². The number of carboxylic acids is 1. The molecule has 0 bridgehead atoms. The molecule has 3 heterocycles. The number of anilines is 1. The highest BCUT2D eigenvalue weighted by Gasteiger charge is 2.32. The number of nitrogens with zero attached hydrogens (tertiary/aromatic N) is 2. The lowest BCUT2D eigenvalue weighted by Gasteiger charge is -2.27. The van der Waals surface area contributed by atoms with Crippen molar-refractivity contribution in [2.24, 2.45) is 5.92 Å². The van der Waals surface area contributed by atoms with Crippen molar-refractivity contribution in [1.29, 1.82) is 0 Å². The molecule has 2 aromatic rings. The Morgan fingerprint density at radius 2 is 1.94 bits per heavy atom. The van der Waals surface area contributed by atoms with Gasteiger partial charge in [-0.3, -0.25) is 9.59 Å². The number of carboxylic acid groups (broad SMARTS) is 1. The number of ether oxygens (including phenoxy) is 1. The molecule has 1 saturated heterocycles. The maximum absolute atomic E-state index is 13.2. The van der Waals surface area contributed by atoms with Crippen molar-refractivity contribution in [2.45, 2.75) is 61.1 Å². The number of pyridine rings is 1. The SMILES string of the molecule is O=C(O)c1cnc(NC(=O)C(CC2CCOCC2)n2ccc(S(=O)(=O)C3CCCC3)cc2=O)s1. The van der Waals surface area contributed by atoms with Crippen molar-refractivity contribution in [1.82, 2.24) is 9.55 Å². The molecule has 1 aliphatic carbocycles. The number of rotatable bonds is 8. The maximum atomic E-state index is 13.2. The molecule has 184 valence electrons. The predicted molar refractivity (Wildman–Crippen MR) is 125 cm³/mol. The summed E-state index contributed by atoms with van der Waals surface area (Å²) in [6, 6.07) is 1.59. The number of carbonyl (C=O) groups excluding carboxylic acids is 1. The van der Waals surface area contributed by atoms with Gasteiger partial charge in [-0.1, -0.05) is 24.2 Å². The molecular weight excluding hydrogens is 482 g/mol. The molecule has 1 atom stereocenters. The lowest BCUT2D eigenvalue weighted by atomic mass is 9.92. The Labute approximate surface area is 200 Å². The standard InChI is InChI=1S/C22H27N3O7S2/c26-19-12-16(34(30,31)15-3-1-2-4-15)5-8-25(19)17(11-14-6-9-32-10-7-14)20(27)24-22-23-13-18(33-22)21(28)29/h5,8,12-15,17H,1-4,6-7,9-11H2,(H,28,29)(H,23,24,27). The Balaban J connectivity index is 1.61. The fourth-order valence-electron chi connectivity index (χ4n) is 4.56. The van der Waals surface area contributed by atoms with E-state index >= 15 is 0 Å². The van der Waals surface area contributed by atoms with Gasteiger partial charge in [0.2, 0.25) is 5.91 Å². The molecule has 2 fully saturated rings. The highest BCUT2D eigenvalue weighted by atomic mass is 32.2. The minimum absolute atomic E-state index is 0.0168. The van der Waals surface area contributed by atoms with Crippen molar-refractivity contribution < 1.29 is 27.9 Å². The summed E-state index contributed by atoms with van der Waals surface area (Å²) in [5, 5.41) is 11.4. The molecule has 10 nitrogen and oxygen atoms in total. The van der Waals surface area contributed by atoms with E-state index in [1.165, 1.54) is 16.8 Å². The number of hydrogen-bond donors (Lipinski definition) is 2. The van der Waals surface area contributed by atoms with Crippen molar-refractivity contribution in [3.05, 3.63) is 39.8 Å². The molecule has 12 heteroatoms. The molecule has 1 saturated carbocycles. The third kappa shape index (κ3) is 5.39. The van der Waals surface area contributed by atoms with Crippen molar-refractivity contribution >= 4 is 38.2 Å². The summed E-state index contributed by atoms with van der Waals surface area (Å²) in [4.78, 5) is 41.3. The summed E-state index contributed by atoms with van der Waals surface area (Å²) in [6.07, 6.45) is 7.27. The molecule has 2 N–H and O–H groups in total. The summed E-state index contributed by atoms with van der Waals surface area (Å²) >= 11 is 0.823. The monoisotopic (exact) mass is 509 g/mol. The number of carbonyl (C=O) groups is 2. The van der Waals surface area contributed by atoms with Gasteiger partial charge in [-0.25, -0.2) is 18.2 Å². The van der Waals surface area contributed by atoms with E-state index in [0.717, 1.165) is 49.3 Å². The molecule has 0 spiro atoms. The summed E-state index contributed by atoms with van der Waals surface area (Å²) < 4.78 is 32.5. The Morgan fingerprint density at radius 1 is 1.24 bits per heavy atom. The Morgan fingerprint density at radius 3 is 2.56 bits per heavy atom. The minimum Gasteiger partial charge on any atom is -0.477 e. The molecule has 2 aliphatic rings. The van der Waals surface area contributed by atoms with Crippen LogP contribution >= 0.6 is 11.3 Å². The summed E-state index contributed by atoms with van der Waals surface area (Å²) in [7, 11) is -3.60. The van der Waals surface area contributed by atoms with Crippen molar-refractivity contribution in [3.63, 3.8) is 0 Å². The van der Waals surface area contributed by atoms with E-state index in [9.17, 15) is 22.8 Å². The fourth-order valence-corrected chi connectivity index (χ4v) is 7.07. The van der Waals surface area contributed by atoms with Crippen LogP contribution in [0.3, 0.4) is 0 Å². The van der Waals surface area contributed by atoms with E-state index in [1.807, 2.05) is 0 Å². The number of aromatic nitrogens is 2. The van der Waals surface area contributed by atoms with Crippen LogP contribution in [0.5, 0.6) is 0 Å². The minimum atomic E-state index is -3.60. The van der Waals surface area contributed by atoms with Gasteiger partial charge in [0.15, 0.2) is 15.0 Å². The first-order chi connectivity index (χ1) is 16.3. The molecule has 1 amide bonds. The average molecular weight is 510 g/mol. The van der Waals surface area contributed by atoms with Gasteiger partial charge in [-0.15, -0.1) is 0 Å². The van der Waals surface area contributed by atoms with Gasteiger partial charge in [-0.05, 0) is 44.1 Å². The zero-order valence-corrected chi connectivity index (χ0v) is 20.1. The van der Waals surface area contributed by atoms with Crippen LogP contribution < -0.4 is 10.9 Å². The van der Waals surface area contributed by atoms with Gasteiger partial charge in [-0.2, -0.15) is 0 Å². The zero-order chi connectivity index (χ0) is 24.3. The summed E-state index contributed by atoms with van der Waals surface area (Å²) in [5.74, 6) is -1.51. The number of thiazole rings is 1. The molecule has 0 aromatic carbocycles. The van der Waals surface area contributed by atoms with Crippen LogP contribution in [-0.4, -0.2) is 53.4 Å². The Bertz CT molecular complexity index is 1210. The second-order valence-electron chi connectivity index (χ2n) is 8.69. The van der Waals surface area contributed by atoms with Crippen LogP contribution in [0, 0.1) is 5.92 Å². The van der Waals surface area contributed by atoms with E-state index in [1.54, 1.807) is 0 Å². The molecule has 2 aromatic heterocycles. The van der Waals surface area contributed by atoms with Crippen LogP contribution in [0.15, 0.2) is 34.2 Å². The van der Waals surface area contributed by atoms with Crippen LogP contribution in [0.2, 0.25) is 0 Å². The third-order valence-electron chi connectivity index (χ3n) is 6.47. The smallest absolute Gasteiger partial charge is 0.347 e. The summed E-state index contributed by atoms with van der Waals surface area (Å²) in [6.45, 7) is 1.14. The van der Waals surface area contributed by atoms with Gasteiger partial charge in [0, 0.05) is 25.5 Å². The van der Waals surface area contributed by atoms with Gasteiger partial charge in [0.25, 0.3) is 5.56 Å². The highest BCUT2D eigenvalue weighted by Crippen LogP contribution is 2.30. The zero-order valence-electron chi connectivity index (χ0n) is 18.5. The van der Waals surface area contributed by atoms with Gasteiger partial charge < -0.3 is 19.7 Å². The van der Waals surface area contributed by atoms with E-state index in [0.29, 0.717) is 32.5 Å². The normalized spacial score (nSPS) is 18.6. The number of aromatic carboxylic acids is 1. The van der Waals surface area contributed by atoms with Gasteiger partial charge >= 0.3 is 5.97 Å². The van der Waals surface area contributed by atoms with Crippen molar-refractivity contribution in [3.8, 4) is 0 Å². The first-order valence-corrected chi connectivity index (χ1v) is 13.7. The maximum Gasteiger partial charge on any atom is 0.347 e. The first-order valence-electron chi connectivity index (χ1n) is 11.3. The number of hydrogen-bond acceptors (Lipinski definition) is 8. The summed E-state index contributed by atoms with van der Waals surface area (Å²) in [5.41, 5.74) is -0.573. The number of amides is 1. The molecule has 1 unspecified atom stereocenters. The first kappa shape index (κ1) is 24.6. The quantitative estimate of drug-likeness (QED) is 0.553. The number of sulfone groups is 1. The molecule has 1 aliphatic heterocycles. The largest absolute Gasteiger partial charge is 0.477 e. The van der Waals surface area contributed by atoms with E-state index < -0.39 is 38.6 Å². The average Bonchev–Trinajstić information content (AvgIpc) is 3.51. The molecule has 34 heavy (non-hydrogen) atoms. The topological polar surface area (TPSA) is 145 Å². The second kappa shape index (κ2) is 10.4. The lowest BCUT2D eigenvalue weighted by molar-refractivity contribution is -0.120. The molecule has 4 rings (SSSR count). The molecular formula is C22H27N3O7S2. The van der Waals surface area contributed by atoms with Crippen molar-refractivity contribution in [2.75, 3.05) is 18.5 Å². The fraction of sp³-hybridized carbons (Fsp3) is 0.545. The van der Waals surface area contributed by atoms with Crippen LogP contribution in [0.25, 0.3) is 0 Å². The highest BCUT2D eigenvalue weighted by molar-refractivity contribution is 7.92. The van der Waals surface area contributed by atoms with Crippen LogP contribution in [-0.2, 0) is 19.4 Å². The Kier molecular flexibility index (Phi) is 7.48. The predicted octanol–water partition coefficient (Wildman–Crippen LogP) is 2.72. The molecule has 0 radical (unpaired) electrons. The van der Waals surface area contributed by atoms with E-state index in [-0.39, 0.29) is 20.8 Å². The lowest BCUT2D eigenvalue weighted by Crippen LogP contribution is -2.35. The van der Waals surface area contributed by atoms with E-state index in [2.05, 4.69) is 10.3 Å². The van der Waals surface area contributed by atoms with Crippen LogP contribution in [0.4, 0.5) is 5.13 Å². The second-order valence-corrected chi connectivity index (χ2v) is 11.9.